The van der Waals surface area contributed by atoms with Gasteiger partial charge in [0.05, 0.1) is 18.0 Å². The van der Waals surface area contributed by atoms with E-state index in [4.69, 9.17) is 0 Å². The highest BCUT2D eigenvalue weighted by atomic mass is 32.1. The van der Waals surface area contributed by atoms with Gasteiger partial charge in [-0.25, -0.2) is 9.37 Å². The molecular weight excluding hydrogens is 395 g/mol. The molecule has 9 heteroatoms. The summed E-state index contributed by atoms with van der Waals surface area (Å²) < 4.78 is 14.4. The molecule has 0 spiro atoms. The van der Waals surface area contributed by atoms with E-state index >= 15 is 0 Å². The first-order valence-corrected chi connectivity index (χ1v) is 9.99. The molecular formula is C20H19FN4O3S. The number of carbonyl (C=O) groups excluding carboxylic acids is 2. The van der Waals surface area contributed by atoms with E-state index in [0.29, 0.717) is 27.3 Å². The smallest absolute Gasteiger partial charge is 0.268 e. The summed E-state index contributed by atoms with van der Waals surface area (Å²) in [7, 11) is 1.61. The van der Waals surface area contributed by atoms with Gasteiger partial charge >= 0.3 is 0 Å². The molecule has 1 N–H and O–H groups in total. The molecule has 29 heavy (non-hydrogen) atoms. The quantitative estimate of drug-likeness (QED) is 0.711. The molecule has 7 nitrogen and oxygen atoms in total. The number of amides is 2. The lowest BCUT2D eigenvalue weighted by Gasteiger charge is -2.21. The average molecular weight is 414 g/mol. The molecule has 1 aliphatic heterocycles. The lowest BCUT2D eigenvalue weighted by Crippen LogP contribution is -2.35. The number of halogens is 1. The summed E-state index contributed by atoms with van der Waals surface area (Å²) in [4.78, 5) is 47.3. The zero-order valence-corrected chi connectivity index (χ0v) is 16.8. The number of nitrogens with one attached hydrogen (secondary N) is 1. The van der Waals surface area contributed by atoms with Crippen LogP contribution in [-0.2, 0) is 16.1 Å². The monoisotopic (exact) mass is 414 g/mol. The Labute approximate surface area is 169 Å². The van der Waals surface area contributed by atoms with E-state index in [2.05, 4.69) is 9.97 Å². The van der Waals surface area contributed by atoms with Gasteiger partial charge in [-0.2, -0.15) is 0 Å². The molecule has 1 aliphatic rings. The number of aromatic amines is 1. The summed E-state index contributed by atoms with van der Waals surface area (Å²) in [6.45, 7) is 1.97. The minimum absolute atomic E-state index is 0.0617. The number of thiophene rings is 1. The Hall–Kier alpha value is -3.07. The molecule has 2 aromatic heterocycles. The maximum Gasteiger partial charge on any atom is 0.268 e. The number of rotatable bonds is 4. The van der Waals surface area contributed by atoms with Gasteiger partial charge in [-0.3, -0.25) is 14.4 Å². The second-order valence-corrected chi connectivity index (χ2v) is 8.10. The van der Waals surface area contributed by atoms with Crippen molar-refractivity contribution in [3.05, 3.63) is 57.2 Å². The average Bonchev–Trinajstić information content (AvgIpc) is 3.30. The van der Waals surface area contributed by atoms with Crippen LogP contribution in [-0.4, -0.2) is 40.3 Å². The third kappa shape index (κ3) is 3.65. The minimum atomic E-state index is -0.534. The van der Waals surface area contributed by atoms with Gasteiger partial charge in [0.15, 0.2) is 0 Å². The minimum Gasteiger partial charge on any atom is -0.338 e. The summed E-state index contributed by atoms with van der Waals surface area (Å²) in [5, 5.41) is 1.79. The van der Waals surface area contributed by atoms with Crippen LogP contribution >= 0.6 is 11.3 Å². The standard InChI is InChI=1S/C20H19FN4O3S/c1-11-3-4-13(8-14(11)21)25-9-12(7-17(25)26)20(28)24(2)10-16-22-15-5-6-29-18(15)19(27)23-16/h3-6,8,12H,7,9-10H2,1-2H3,(H,22,23,27). The second kappa shape index (κ2) is 7.40. The molecule has 0 saturated carbocycles. The molecule has 1 fully saturated rings. The van der Waals surface area contributed by atoms with E-state index < -0.39 is 5.92 Å². The van der Waals surface area contributed by atoms with Crippen LogP contribution in [0.3, 0.4) is 0 Å². The molecule has 4 rings (SSSR count). The summed E-state index contributed by atoms with van der Waals surface area (Å²) in [5.74, 6) is -0.972. The number of anilines is 1. The first-order chi connectivity index (χ1) is 13.8. The second-order valence-electron chi connectivity index (χ2n) is 7.18. The van der Waals surface area contributed by atoms with Crippen LogP contribution in [0.2, 0.25) is 0 Å². The highest BCUT2D eigenvalue weighted by Gasteiger charge is 2.36. The first kappa shape index (κ1) is 19.3. The SMILES string of the molecule is Cc1ccc(N2CC(C(=O)N(C)Cc3nc4ccsc4c(=O)[nH]3)CC2=O)cc1F. The van der Waals surface area contributed by atoms with Crippen LogP contribution in [0, 0.1) is 18.7 Å². The van der Waals surface area contributed by atoms with Gasteiger partial charge in [0.2, 0.25) is 11.8 Å². The van der Waals surface area contributed by atoms with Crippen molar-refractivity contribution in [2.24, 2.45) is 5.92 Å². The van der Waals surface area contributed by atoms with Gasteiger partial charge in [-0.1, -0.05) is 6.07 Å². The molecule has 1 aromatic carbocycles. The first-order valence-electron chi connectivity index (χ1n) is 9.11. The van der Waals surface area contributed by atoms with E-state index in [1.54, 1.807) is 37.6 Å². The van der Waals surface area contributed by atoms with E-state index in [-0.39, 0.29) is 42.7 Å². The summed E-state index contributed by atoms with van der Waals surface area (Å²) in [6, 6.07) is 6.36. The summed E-state index contributed by atoms with van der Waals surface area (Å²) in [5.41, 5.74) is 1.31. The number of carbonyl (C=O) groups is 2. The Balaban J connectivity index is 1.48. The fourth-order valence-corrected chi connectivity index (χ4v) is 4.21. The van der Waals surface area contributed by atoms with Crippen LogP contribution in [0.5, 0.6) is 0 Å². The number of H-pyrrole nitrogens is 1. The van der Waals surface area contributed by atoms with E-state index in [9.17, 15) is 18.8 Å². The van der Waals surface area contributed by atoms with Gasteiger partial charge in [0.25, 0.3) is 5.56 Å². The number of hydrogen-bond donors (Lipinski definition) is 1. The molecule has 3 heterocycles. The van der Waals surface area contributed by atoms with Gasteiger partial charge in [0.1, 0.15) is 16.3 Å². The van der Waals surface area contributed by atoms with Crippen molar-refractivity contribution >= 4 is 39.1 Å². The van der Waals surface area contributed by atoms with Crippen LogP contribution in [0.1, 0.15) is 17.8 Å². The number of fused-ring (bicyclic) bond motifs is 1. The third-order valence-corrected chi connectivity index (χ3v) is 5.97. The van der Waals surface area contributed by atoms with Crippen LogP contribution < -0.4 is 10.5 Å². The lowest BCUT2D eigenvalue weighted by molar-refractivity contribution is -0.135. The lowest BCUT2D eigenvalue weighted by atomic mass is 10.1. The van der Waals surface area contributed by atoms with Crippen LogP contribution in [0.15, 0.2) is 34.4 Å². The predicted molar refractivity (Wildman–Crippen MR) is 108 cm³/mol. The van der Waals surface area contributed by atoms with Crippen LogP contribution in [0.4, 0.5) is 10.1 Å². The normalized spacial score (nSPS) is 16.6. The van der Waals surface area contributed by atoms with Gasteiger partial charge in [-0.05, 0) is 36.1 Å². The largest absolute Gasteiger partial charge is 0.338 e. The number of aromatic nitrogens is 2. The Morgan fingerprint density at radius 1 is 1.38 bits per heavy atom. The van der Waals surface area contributed by atoms with Crippen molar-refractivity contribution in [3.63, 3.8) is 0 Å². The molecule has 2 amide bonds. The van der Waals surface area contributed by atoms with E-state index in [1.807, 2.05) is 0 Å². The predicted octanol–water partition coefficient (Wildman–Crippen LogP) is 2.44. The van der Waals surface area contributed by atoms with E-state index in [1.165, 1.54) is 27.2 Å². The third-order valence-electron chi connectivity index (χ3n) is 5.07. The Bertz CT molecular complexity index is 1170. The molecule has 1 unspecified atom stereocenters. The fourth-order valence-electron chi connectivity index (χ4n) is 3.48. The van der Waals surface area contributed by atoms with Crippen LogP contribution in [0.25, 0.3) is 10.2 Å². The number of benzene rings is 1. The van der Waals surface area contributed by atoms with Gasteiger partial charge in [0, 0.05) is 25.7 Å². The maximum absolute atomic E-state index is 13.9. The highest BCUT2D eigenvalue weighted by molar-refractivity contribution is 7.17. The van der Waals surface area contributed by atoms with E-state index in [0.717, 1.165) is 0 Å². The fraction of sp³-hybridized carbons (Fsp3) is 0.300. The molecule has 0 aliphatic carbocycles. The molecule has 150 valence electrons. The molecule has 0 radical (unpaired) electrons. The molecule has 0 bridgehead atoms. The number of nitrogens with zero attached hydrogens (tertiary/aromatic N) is 3. The molecule has 1 saturated heterocycles. The van der Waals surface area contributed by atoms with Crippen molar-refractivity contribution < 1.29 is 14.0 Å². The zero-order chi connectivity index (χ0) is 20.7. The van der Waals surface area contributed by atoms with Gasteiger partial charge in [-0.15, -0.1) is 11.3 Å². The van der Waals surface area contributed by atoms with Crippen molar-refractivity contribution in [1.82, 2.24) is 14.9 Å². The maximum atomic E-state index is 13.9. The number of aryl methyl sites for hydroxylation is 1. The highest BCUT2D eigenvalue weighted by Crippen LogP contribution is 2.27. The Morgan fingerprint density at radius 2 is 2.17 bits per heavy atom. The van der Waals surface area contributed by atoms with Gasteiger partial charge < -0.3 is 14.8 Å². The Morgan fingerprint density at radius 3 is 2.93 bits per heavy atom. The molecule has 3 aromatic rings. The van der Waals surface area contributed by atoms with Crippen molar-refractivity contribution in [1.29, 1.82) is 0 Å². The summed E-state index contributed by atoms with van der Waals surface area (Å²) >= 11 is 1.31. The molecule has 1 atom stereocenters. The topological polar surface area (TPSA) is 86.4 Å². The van der Waals surface area contributed by atoms with Crippen molar-refractivity contribution in [2.75, 3.05) is 18.5 Å². The summed E-state index contributed by atoms with van der Waals surface area (Å²) in [6.07, 6.45) is 0.0617. The van der Waals surface area contributed by atoms with Crippen molar-refractivity contribution in [3.8, 4) is 0 Å². The zero-order valence-electron chi connectivity index (χ0n) is 15.9. The number of hydrogen-bond acceptors (Lipinski definition) is 5. The Kier molecular flexibility index (Phi) is 4.91. The van der Waals surface area contributed by atoms with Crippen molar-refractivity contribution in [2.45, 2.75) is 19.9 Å².